The number of aromatic hydroxyl groups is 1. The van der Waals surface area contributed by atoms with Crippen LogP contribution in [0, 0.1) is 11.3 Å². The second kappa shape index (κ2) is 7.17. The number of benzene rings is 1. The Morgan fingerprint density at radius 3 is 2.89 bits per heavy atom. The fourth-order valence-electron chi connectivity index (χ4n) is 1.46. The third-order valence-electron chi connectivity index (χ3n) is 2.44. The second-order valence-electron chi connectivity index (χ2n) is 3.76. The second-order valence-corrected chi connectivity index (χ2v) is 3.76. The van der Waals surface area contributed by atoms with Crippen molar-refractivity contribution in [3.8, 4) is 17.6 Å². The lowest BCUT2D eigenvalue weighted by atomic mass is 10.2. The molecule has 0 saturated carbocycles. The molecule has 0 aliphatic rings. The minimum atomic E-state index is -0.245. The highest BCUT2D eigenvalue weighted by Gasteiger charge is 2.08. The van der Waals surface area contributed by atoms with Gasteiger partial charge in [-0.3, -0.25) is 4.79 Å². The molecule has 2 N–H and O–H groups in total. The molecule has 5 nitrogen and oxygen atoms in total. The standard InChI is InChI=1S/C13H16N2O3/c1-18-12-6-5-10(9-11(12)16)13(17)15-8-4-2-3-7-14/h5-6,9,16H,2-4,8H2,1H3,(H,15,17). The third-order valence-corrected chi connectivity index (χ3v) is 2.44. The van der Waals surface area contributed by atoms with Crippen LogP contribution in [0.25, 0.3) is 0 Å². The summed E-state index contributed by atoms with van der Waals surface area (Å²) in [5, 5.41) is 20.6. The molecule has 0 aromatic heterocycles. The largest absolute Gasteiger partial charge is 0.504 e. The van der Waals surface area contributed by atoms with Crippen molar-refractivity contribution < 1.29 is 14.6 Å². The van der Waals surface area contributed by atoms with Crippen molar-refractivity contribution in [2.24, 2.45) is 0 Å². The van der Waals surface area contributed by atoms with Crippen molar-refractivity contribution in [1.82, 2.24) is 5.32 Å². The van der Waals surface area contributed by atoms with Crippen LogP contribution in [0.2, 0.25) is 0 Å². The number of nitrogens with one attached hydrogen (secondary N) is 1. The Kier molecular flexibility index (Phi) is 5.52. The molecule has 0 fully saturated rings. The van der Waals surface area contributed by atoms with Crippen LogP contribution in [0.4, 0.5) is 0 Å². The molecule has 1 aromatic rings. The number of hydrogen-bond acceptors (Lipinski definition) is 4. The summed E-state index contributed by atoms with van der Waals surface area (Å²) in [6, 6.07) is 6.54. The van der Waals surface area contributed by atoms with Crippen molar-refractivity contribution in [3.63, 3.8) is 0 Å². The smallest absolute Gasteiger partial charge is 0.251 e. The quantitative estimate of drug-likeness (QED) is 0.752. The predicted molar refractivity (Wildman–Crippen MR) is 66.5 cm³/mol. The van der Waals surface area contributed by atoms with Crippen LogP contribution in [-0.2, 0) is 0 Å². The summed E-state index contributed by atoms with van der Waals surface area (Å²) < 4.78 is 4.89. The van der Waals surface area contributed by atoms with Crippen molar-refractivity contribution >= 4 is 5.91 Å². The van der Waals surface area contributed by atoms with E-state index in [9.17, 15) is 9.90 Å². The number of nitrogens with zero attached hydrogens (tertiary/aromatic N) is 1. The zero-order chi connectivity index (χ0) is 13.4. The van der Waals surface area contributed by atoms with Crippen LogP contribution >= 0.6 is 0 Å². The number of nitriles is 1. The number of unbranched alkanes of at least 4 members (excludes halogenated alkanes) is 2. The maximum absolute atomic E-state index is 11.7. The Morgan fingerprint density at radius 1 is 1.50 bits per heavy atom. The minimum Gasteiger partial charge on any atom is -0.504 e. The average molecular weight is 248 g/mol. The number of carbonyl (C=O) groups is 1. The first-order valence-electron chi connectivity index (χ1n) is 5.71. The van der Waals surface area contributed by atoms with Gasteiger partial charge in [0, 0.05) is 18.5 Å². The summed E-state index contributed by atoms with van der Waals surface area (Å²) in [5.74, 6) is 0.0279. The molecule has 0 heterocycles. The van der Waals surface area contributed by atoms with Gasteiger partial charge in [-0.15, -0.1) is 0 Å². The van der Waals surface area contributed by atoms with E-state index in [0.29, 0.717) is 24.3 Å². The summed E-state index contributed by atoms with van der Waals surface area (Å²) in [7, 11) is 1.45. The van der Waals surface area contributed by atoms with Gasteiger partial charge in [-0.1, -0.05) is 0 Å². The molecule has 0 aliphatic heterocycles. The van der Waals surface area contributed by atoms with Crippen molar-refractivity contribution in [1.29, 1.82) is 5.26 Å². The molecule has 0 spiro atoms. The number of amides is 1. The zero-order valence-electron chi connectivity index (χ0n) is 10.3. The van der Waals surface area contributed by atoms with Gasteiger partial charge in [-0.25, -0.2) is 0 Å². The molecule has 1 aromatic carbocycles. The maximum Gasteiger partial charge on any atom is 0.251 e. The van der Waals surface area contributed by atoms with Gasteiger partial charge in [-0.2, -0.15) is 5.26 Å². The van der Waals surface area contributed by atoms with E-state index in [2.05, 4.69) is 5.32 Å². The van der Waals surface area contributed by atoms with Gasteiger partial charge in [0.05, 0.1) is 13.2 Å². The highest BCUT2D eigenvalue weighted by atomic mass is 16.5. The number of ether oxygens (including phenoxy) is 1. The number of phenols is 1. The van der Waals surface area contributed by atoms with E-state index in [-0.39, 0.29) is 11.7 Å². The molecule has 0 saturated heterocycles. The molecule has 5 heteroatoms. The Balaban J connectivity index is 2.47. The average Bonchev–Trinajstić information content (AvgIpc) is 2.38. The number of methoxy groups -OCH3 is 1. The molecular formula is C13H16N2O3. The van der Waals surface area contributed by atoms with Crippen LogP contribution in [0.3, 0.4) is 0 Å². The number of rotatable bonds is 6. The van der Waals surface area contributed by atoms with E-state index in [1.807, 2.05) is 6.07 Å². The van der Waals surface area contributed by atoms with Crippen molar-refractivity contribution in [3.05, 3.63) is 23.8 Å². The van der Waals surface area contributed by atoms with Gasteiger partial charge >= 0.3 is 0 Å². The van der Waals surface area contributed by atoms with Crippen LogP contribution < -0.4 is 10.1 Å². The molecule has 0 aliphatic carbocycles. The van der Waals surface area contributed by atoms with Gasteiger partial charge in [0.25, 0.3) is 5.91 Å². The van der Waals surface area contributed by atoms with Gasteiger partial charge in [0.2, 0.25) is 0 Å². The van der Waals surface area contributed by atoms with Crippen LogP contribution in [0.1, 0.15) is 29.6 Å². The van der Waals surface area contributed by atoms with Crippen LogP contribution in [0.15, 0.2) is 18.2 Å². The van der Waals surface area contributed by atoms with E-state index in [1.165, 1.54) is 13.2 Å². The molecule has 96 valence electrons. The number of phenolic OH excluding ortho intramolecular Hbond substituents is 1. The fourth-order valence-corrected chi connectivity index (χ4v) is 1.46. The van der Waals surface area contributed by atoms with Gasteiger partial charge in [0.1, 0.15) is 0 Å². The monoisotopic (exact) mass is 248 g/mol. The molecule has 18 heavy (non-hydrogen) atoms. The van der Waals surface area contributed by atoms with E-state index >= 15 is 0 Å². The van der Waals surface area contributed by atoms with E-state index in [4.69, 9.17) is 10.00 Å². The lowest BCUT2D eigenvalue weighted by molar-refractivity contribution is 0.0952. The SMILES string of the molecule is COc1ccc(C(=O)NCCCCC#N)cc1O. The lowest BCUT2D eigenvalue weighted by Crippen LogP contribution is -2.24. The first-order valence-corrected chi connectivity index (χ1v) is 5.71. The number of carbonyl (C=O) groups excluding carboxylic acids is 1. The first-order chi connectivity index (χ1) is 8.69. The topological polar surface area (TPSA) is 82.3 Å². The summed E-state index contributed by atoms with van der Waals surface area (Å²) in [6.45, 7) is 0.521. The highest BCUT2D eigenvalue weighted by Crippen LogP contribution is 2.25. The van der Waals surface area contributed by atoms with Crippen molar-refractivity contribution in [2.75, 3.05) is 13.7 Å². The Bertz CT molecular complexity index is 452. The van der Waals surface area contributed by atoms with Gasteiger partial charge in [-0.05, 0) is 31.0 Å². The molecule has 1 amide bonds. The molecule has 1 rings (SSSR count). The Hall–Kier alpha value is -2.22. The van der Waals surface area contributed by atoms with Gasteiger partial charge < -0.3 is 15.2 Å². The summed E-state index contributed by atoms with van der Waals surface area (Å²) in [4.78, 5) is 11.7. The van der Waals surface area contributed by atoms with Gasteiger partial charge in [0.15, 0.2) is 11.5 Å². The highest BCUT2D eigenvalue weighted by molar-refractivity contribution is 5.94. The van der Waals surface area contributed by atoms with E-state index < -0.39 is 0 Å². The Morgan fingerprint density at radius 2 is 2.28 bits per heavy atom. The molecule has 0 atom stereocenters. The minimum absolute atomic E-state index is 0.0605. The van der Waals surface area contributed by atoms with E-state index in [0.717, 1.165) is 12.8 Å². The number of hydrogen-bond donors (Lipinski definition) is 2. The first kappa shape index (κ1) is 13.8. The molecule has 0 bridgehead atoms. The molecule has 0 unspecified atom stereocenters. The fraction of sp³-hybridized carbons (Fsp3) is 0.385. The maximum atomic E-state index is 11.7. The summed E-state index contributed by atoms with van der Waals surface area (Å²) >= 11 is 0. The zero-order valence-corrected chi connectivity index (χ0v) is 10.3. The molecule has 0 radical (unpaired) electrons. The third kappa shape index (κ3) is 3.98. The summed E-state index contributed by atoms with van der Waals surface area (Å²) in [6.07, 6.45) is 2.03. The van der Waals surface area contributed by atoms with Crippen LogP contribution in [-0.4, -0.2) is 24.7 Å². The summed E-state index contributed by atoms with van der Waals surface area (Å²) in [5.41, 5.74) is 0.383. The lowest BCUT2D eigenvalue weighted by Gasteiger charge is -2.07. The predicted octanol–water partition coefficient (Wildman–Crippen LogP) is 1.82. The van der Waals surface area contributed by atoms with E-state index in [1.54, 1.807) is 12.1 Å². The van der Waals surface area contributed by atoms with Crippen molar-refractivity contribution in [2.45, 2.75) is 19.3 Å². The molecular weight excluding hydrogens is 232 g/mol. The normalized spacial score (nSPS) is 9.56. The van der Waals surface area contributed by atoms with Crippen LogP contribution in [0.5, 0.6) is 11.5 Å². The Labute approximate surface area is 106 Å².